The fourth-order valence-electron chi connectivity index (χ4n) is 5.01. The lowest BCUT2D eigenvalue weighted by atomic mass is 9.95. The maximum Gasteiger partial charge on any atom is 0.416 e. The molecule has 0 saturated carbocycles. The van der Waals surface area contributed by atoms with Crippen LogP contribution >= 0.6 is 0 Å². The van der Waals surface area contributed by atoms with Crippen molar-refractivity contribution < 1.29 is 36.2 Å². The number of ether oxygens (including phenoxy) is 1. The molecule has 1 unspecified atom stereocenters. The largest absolute Gasteiger partial charge is 0.416 e. The highest BCUT2D eigenvalue weighted by molar-refractivity contribution is 7.91. The molecule has 1 aliphatic heterocycles. The first-order chi connectivity index (χ1) is 19.5. The number of hydrogen-bond acceptors (Lipinski definition) is 7. The van der Waals surface area contributed by atoms with Crippen LogP contribution in [0.5, 0.6) is 0 Å². The van der Waals surface area contributed by atoms with Crippen molar-refractivity contribution in [1.29, 1.82) is 0 Å². The van der Waals surface area contributed by atoms with Crippen molar-refractivity contribution in [1.82, 2.24) is 4.98 Å². The van der Waals surface area contributed by atoms with E-state index in [4.69, 9.17) is 4.74 Å². The number of alkyl halides is 3. The molecule has 2 N–H and O–H groups in total. The highest BCUT2D eigenvalue weighted by Gasteiger charge is 2.35. The van der Waals surface area contributed by atoms with Gasteiger partial charge in [0.05, 0.1) is 53.3 Å². The van der Waals surface area contributed by atoms with Crippen LogP contribution in [0.25, 0.3) is 0 Å². The average molecular weight is 592 g/mol. The van der Waals surface area contributed by atoms with Gasteiger partial charge in [0.1, 0.15) is 5.82 Å². The molecule has 1 aromatic heterocycles. The second-order valence-electron chi connectivity index (χ2n) is 9.92. The normalized spacial score (nSPS) is 18.3. The maximum absolute atomic E-state index is 13.0. The molecule has 2 aromatic carbocycles. The van der Waals surface area contributed by atoms with Gasteiger partial charge >= 0.3 is 6.18 Å². The van der Waals surface area contributed by atoms with Crippen LogP contribution in [0.3, 0.4) is 0 Å². The fraction of sp³-hybridized carbons (Fsp3) is 0.379. The lowest BCUT2D eigenvalue weighted by Gasteiger charge is -2.25. The summed E-state index contributed by atoms with van der Waals surface area (Å²) in [5, 5.41) is 12.6. The van der Waals surface area contributed by atoms with E-state index < -0.39 is 40.0 Å². The van der Waals surface area contributed by atoms with Gasteiger partial charge in [-0.3, -0.25) is 4.79 Å². The smallest absolute Gasteiger partial charge is 0.395 e. The Morgan fingerprint density at radius 2 is 1.80 bits per heavy atom. The van der Waals surface area contributed by atoms with Gasteiger partial charge in [-0.2, -0.15) is 13.2 Å². The number of benzene rings is 2. The van der Waals surface area contributed by atoms with Crippen molar-refractivity contribution in [2.24, 2.45) is 0 Å². The molecule has 1 amide bonds. The molecule has 0 bridgehead atoms. The maximum atomic E-state index is 13.0. The zero-order chi connectivity index (χ0) is 29.8. The van der Waals surface area contributed by atoms with E-state index in [0.29, 0.717) is 36.6 Å². The lowest BCUT2D eigenvalue weighted by Crippen LogP contribution is -2.33. The highest BCUT2D eigenvalue weighted by Crippen LogP contribution is 2.36. The number of carbonyl (C=O) groups excluding carboxylic acids is 1. The molecule has 3 aromatic rings. The second kappa shape index (κ2) is 12.6. The van der Waals surface area contributed by atoms with Crippen molar-refractivity contribution in [2.75, 3.05) is 42.8 Å². The van der Waals surface area contributed by atoms with Crippen LogP contribution in [0.4, 0.5) is 24.7 Å². The quantitative estimate of drug-likeness (QED) is 0.354. The summed E-state index contributed by atoms with van der Waals surface area (Å²) in [6, 6.07) is 14.5. The molecule has 8 nitrogen and oxygen atoms in total. The molecule has 0 spiro atoms. The second-order valence-corrected chi connectivity index (χ2v) is 12.2. The first-order valence-electron chi connectivity index (χ1n) is 13.1. The predicted molar refractivity (Wildman–Crippen MR) is 149 cm³/mol. The van der Waals surface area contributed by atoms with Crippen LogP contribution in [-0.2, 0) is 25.5 Å². The summed E-state index contributed by atoms with van der Waals surface area (Å²) in [7, 11) is -1.80. The van der Waals surface area contributed by atoms with E-state index in [1.807, 2.05) is 4.90 Å². The van der Waals surface area contributed by atoms with Gasteiger partial charge in [-0.1, -0.05) is 31.2 Å². The number of nitrogens with one attached hydrogen (secondary N) is 1. The van der Waals surface area contributed by atoms with Gasteiger partial charge < -0.3 is 20.1 Å². The monoisotopic (exact) mass is 591 g/mol. The molecule has 0 radical (unpaired) electrons. The molecular formula is C29H32F3N3O5S. The van der Waals surface area contributed by atoms with E-state index in [9.17, 15) is 31.5 Å². The third kappa shape index (κ3) is 7.06. The Bertz CT molecular complexity index is 1430. The zero-order valence-electron chi connectivity index (χ0n) is 22.6. The molecular weight excluding hydrogens is 559 g/mol. The van der Waals surface area contributed by atoms with Gasteiger partial charge in [0.2, 0.25) is 5.91 Å². The highest BCUT2D eigenvalue weighted by atomic mass is 32.2. The van der Waals surface area contributed by atoms with E-state index in [-0.39, 0.29) is 22.6 Å². The van der Waals surface area contributed by atoms with E-state index >= 15 is 0 Å². The number of rotatable bonds is 10. The van der Waals surface area contributed by atoms with Gasteiger partial charge in [-0.05, 0) is 53.9 Å². The van der Waals surface area contributed by atoms with Crippen molar-refractivity contribution in [3.05, 3.63) is 83.6 Å². The van der Waals surface area contributed by atoms with E-state index in [1.54, 1.807) is 26.2 Å². The van der Waals surface area contributed by atoms with Crippen LogP contribution in [0.1, 0.15) is 41.9 Å². The molecule has 0 aliphatic carbocycles. The molecule has 220 valence electrons. The number of carbonyl (C=O) groups is 1. The average Bonchev–Trinajstić information content (AvgIpc) is 3.38. The van der Waals surface area contributed by atoms with E-state index in [2.05, 4.69) is 10.3 Å². The van der Waals surface area contributed by atoms with E-state index in [0.717, 1.165) is 17.7 Å². The zero-order valence-corrected chi connectivity index (χ0v) is 23.5. The van der Waals surface area contributed by atoms with Crippen LogP contribution in [0.15, 0.2) is 71.8 Å². The number of pyridine rings is 1. The predicted octanol–water partition coefficient (Wildman–Crippen LogP) is 4.62. The minimum absolute atomic E-state index is 0.0115. The Kier molecular flexibility index (Phi) is 9.35. The molecule has 41 heavy (non-hydrogen) atoms. The number of aliphatic hydroxyl groups is 1. The number of hydrogen-bond donors (Lipinski definition) is 2. The standard InChI is InChI=1S/C29H32F3N3O5S/c1-3-41(38,39)25-11-6-20(7-12-25)26(17-36)28(37)34-23-10-13-27(33-15-23)35-16-21(14-24(35)18-40-2)19-4-8-22(9-5-19)29(30,31)32/h4-13,15,21,24,26,36H,3,14,16-18H2,1-2H3,(H,34,37)/t21?,24-,26-/m0/s1. The van der Waals surface area contributed by atoms with Crippen molar-refractivity contribution in [3.63, 3.8) is 0 Å². The summed E-state index contributed by atoms with van der Waals surface area (Å²) < 4.78 is 68.4. The minimum Gasteiger partial charge on any atom is -0.395 e. The number of anilines is 2. The molecule has 1 aliphatic rings. The molecule has 4 rings (SSSR count). The van der Waals surface area contributed by atoms with Crippen LogP contribution in [0, 0.1) is 0 Å². The van der Waals surface area contributed by atoms with E-state index in [1.165, 1.54) is 42.6 Å². The molecule has 2 heterocycles. The van der Waals surface area contributed by atoms with Gasteiger partial charge in [0.25, 0.3) is 0 Å². The summed E-state index contributed by atoms with van der Waals surface area (Å²) in [5.74, 6) is -0.816. The van der Waals surface area contributed by atoms with Crippen LogP contribution in [0.2, 0.25) is 0 Å². The first kappa shape index (κ1) is 30.5. The number of methoxy groups -OCH3 is 1. The van der Waals surface area contributed by atoms with Gasteiger partial charge in [-0.15, -0.1) is 0 Å². The number of aromatic nitrogens is 1. The Morgan fingerprint density at radius 1 is 1.12 bits per heavy atom. The summed E-state index contributed by atoms with van der Waals surface area (Å²) in [6.45, 7) is 2.02. The molecule has 3 atom stereocenters. The third-order valence-electron chi connectivity index (χ3n) is 7.31. The van der Waals surface area contributed by atoms with Crippen molar-refractivity contribution >= 4 is 27.2 Å². The summed E-state index contributed by atoms with van der Waals surface area (Å²) in [5.41, 5.74) is 0.997. The fourth-order valence-corrected chi connectivity index (χ4v) is 5.89. The Balaban J connectivity index is 1.45. The Morgan fingerprint density at radius 3 is 2.34 bits per heavy atom. The summed E-state index contributed by atoms with van der Waals surface area (Å²) in [6.07, 6.45) is -2.22. The number of sulfone groups is 1. The lowest BCUT2D eigenvalue weighted by molar-refractivity contribution is -0.137. The number of nitrogens with zero attached hydrogens (tertiary/aromatic N) is 2. The molecule has 1 fully saturated rings. The molecule has 12 heteroatoms. The molecule has 1 saturated heterocycles. The number of aliphatic hydroxyl groups excluding tert-OH is 1. The number of amides is 1. The van der Waals surface area contributed by atoms with Crippen molar-refractivity contribution in [3.8, 4) is 0 Å². The van der Waals surface area contributed by atoms with Crippen molar-refractivity contribution in [2.45, 2.75) is 42.3 Å². The Hall–Kier alpha value is -3.48. The third-order valence-corrected chi connectivity index (χ3v) is 9.06. The van der Waals surface area contributed by atoms with Crippen LogP contribution in [-0.4, -0.2) is 63.1 Å². The number of halogens is 3. The van der Waals surface area contributed by atoms with Gasteiger partial charge in [-0.25, -0.2) is 13.4 Å². The van der Waals surface area contributed by atoms with Gasteiger partial charge in [0.15, 0.2) is 9.84 Å². The first-order valence-corrected chi connectivity index (χ1v) is 14.7. The van der Waals surface area contributed by atoms with Gasteiger partial charge in [0, 0.05) is 19.6 Å². The minimum atomic E-state index is -4.39. The SMILES string of the molecule is CCS(=O)(=O)c1ccc([C@H](CO)C(=O)Nc2ccc(N3CC(c4ccc(C(F)(F)F)cc4)C[C@H]3COC)nc2)cc1. The summed E-state index contributed by atoms with van der Waals surface area (Å²) >= 11 is 0. The van der Waals surface area contributed by atoms with Crippen LogP contribution < -0.4 is 10.2 Å². The summed E-state index contributed by atoms with van der Waals surface area (Å²) in [4.78, 5) is 19.6. The Labute approximate surface area is 237 Å². The topological polar surface area (TPSA) is 109 Å².